The van der Waals surface area contributed by atoms with E-state index >= 15 is 0 Å². The molecule has 1 aliphatic heterocycles. The Labute approximate surface area is 218 Å². The summed E-state index contributed by atoms with van der Waals surface area (Å²) in [6.07, 6.45) is 0. The molecule has 1 saturated heterocycles. The molecule has 0 aliphatic carbocycles. The number of H-pyrrole nitrogens is 1. The van der Waals surface area contributed by atoms with Gasteiger partial charge in [0.05, 0.1) is 21.3 Å². The Morgan fingerprint density at radius 2 is 1.81 bits per heavy atom. The molecule has 1 aliphatic rings. The summed E-state index contributed by atoms with van der Waals surface area (Å²) in [5.41, 5.74) is 3.16. The molecule has 1 N–H and O–H groups in total. The van der Waals surface area contributed by atoms with Gasteiger partial charge in [-0.05, 0) is 67.3 Å². The number of para-hydroxylation sites is 2. The summed E-state index contributed by atoms with van der Waals surface area (Å²) in [6, 6.07) is 15.9. The van der Waals surface area contributed by atoms with Gasteiger partial charge in [-0.1, -0.05) is 41.7 Å². The molecule has 3 aromatic heterocycles. The maximum Gasteiger partial charge on any atom is 0.253 e. The van der Waals surface area contributed by atoms with E-state index in [4.69, 9.17) is 4.98 Å². The average Bonchev–Trinajstić information content (AvgIpc) is 3.53. The molecule has 2 aromatic carbocycles. The van der Waals surface area contributed by atoms with Crippen molar-refractivity contribution >= 4 is 37.6 Å². The quantitative estimate of drug-likeness (QED) is 0.386. The number of pyridine rings is 1. The smallest absolute Gasteiger partial charge is 0.253 e. The summed E-state index contributed by atoms with van der Waals surface area (Å²) in [4.78, 5) is 26.2. The van der Waals surface area contributed by atoms with E-state index in [1.54, 1.807) is 11.3 Å². The Balaban J connectivity index is 1.38. The molecule has 6 rings (SSSR count). The van der Waals surface area contributed by atoms with Gasteiger partial charge >= 0.3 is 0 Å². The lowest BCUT2D eigenvalue weighted by molar-refractivity contribution is 0.190. The topological polar surface area (TPSA) is 95.8 Å². The van der Waals surface area contributed by atoms with Crippen LogP contribution in [-0.4, -0.2) is 61.3 Å². The van der Waals surface area contributed by atoms with Gasteiger partial charge < -0.3 is 9.88 Å². The number of anilines is 1. The van der Waals surface area contributed by atoms with E-state index in [-0.39, 0.29) is 17.1 Å². The number of aromatic nitrogens is 6. The minimum atomic E-state index is -0.375. The summed E-state index contributed by atoms with van der Waals surface area (Å²) < 4.78 is 3.04. The number of hydrogen-bond donors (Lipinski definition) is 1. The fraction of sp³-hybridized carbons (Fsp3) is 0.370. The highest BCUT2D eigenvalue weighted by Gasteiger charge is 2.35. The molecule has 9 nitrogen and oxygen atoms in total. The lowest BCUT2D eigenvalue weighted by atomic mass is 10.0. The van der Waals surface area contributed by atoms with Gasteiger partial charge in [-0.15, -0.1) is 5.10 Å². The number of thiazole rings is 1. The molecule has 1 atom stereocenters. The second-order valence-corrected chi connectivity index (χ2v) is 11.6. The first kappa shape index (κ1) is 23.7. The summed E-state index contributed by atoms with van der Waals surface area (Å²) in [6.45, 7) is 11.3. The molecule has 0 spiro atoms. The monoisotopic (exact) mass is 514 g/mol. The summed E-state index contributed by atoms with van der Waals surface area (Å²) in [5, 5.41) is 14.9. The van der Waals surface area contributed by atoms with E-state index in [0.717, 1.165) is 53.3 Å². The van der Waals surface area contributed by atoms with Crippen LogP contribution >= 0.6 is 11.3 Å². The number of tetrazole rings is 1. The number of rotatable bonds is 4. The molecule has 10 heteroatoms. The fourth-order valence-electron chi connectivity index (χ4n) is 5.11. The Morgan fingerprint density at radius 3 is 2.57 bits per heavy atom. The van der Waals surface area contributed by atoms with Crippen molar-refractivity contribution < 1.29 is 0 Å². The third-order valence-corrected chi connectivity index (χ3v) is 8.11. The highest BCUT2D eigenvalue weighted by atomic mass is 32.1. The van der Waals surface area contributed by atoms with Crippen molar-refractivity contribution in [3.63, 3.8) is 0 Å². The van der Waals surface area contributed by atoms with Gasteiger partial charge in [0.25, 0.3) is 5.56 Å². The van der Waals surface area contributed by atoms with E-state index in [2.05, 4.69) is 69.3 Å². The molecule has 4 heterocycles. The molecule has 0 radical (unpaired) electrons. The van der Waals surface area contributed by atoms with Crippen LogP contribution in [0, 0.1) is 6.92 Å². The summed E-state index contributed by atoms with van der Waals surface area (Å²) in [7, 11) is 0. The van der Waals surface area contributed by atoms with E-state index in [1.807, 2.05) is 41.9 Å². The van der Waals surface area contributed by atoms with Gasteiger partial charge in [-0.2, -0.15) is 0 Å². The summed E-state index contributed by atoms with van der Waals surface area (Å²) in [5.74, 6) is 0.679. The first-order valence-corrected chi connectivity index (χ1v) is 13.4. The van der Waals surface area contributed by atoms with Crippen LogP contribution < -0.4 is 10.5 Å². The van der Waals surface area contributed by atoms with Gasteiger partial charge in [-0.25, -0.2) is 9.67 Å². The van der Waals surface area contributed by atoms with Crippen LogP contribution in [0.4, 0.5) is 5.13 Å². The number of nitrogens with one attached hydrogen (secondary N) is 1. The summed E-state index contributed by atoms with van der Waals surface area (Å²) >= 11 is 1.72. The zero-order valence-corrected chi connectivity index (χ0v) is 22.3. The number of aryl methyl sites for hydroxylation is 1. The number of piperazine rings is 1. The van der Waals surface area contributed by atoms with E-state index in [0.29, 0.717) is 11.4 Å². The molecule has 0 bridgehead atoms. The molecule has 0 amide bonds. The van der Waals surface area contributed by atoms with E-state index in [9.17, 15) is 4.79 Å². The van der Waals surface area contributed by atoms with Crippen LogP contribution in [0.25, 0.3) is 21.1 Å². The standard InChI is InChI=1S/C27H30N8OS/c1-17-8-7-9-18-16-19(25(36)29-22(17)18)23(24-30-31-32-35(24)27(2,3)4)33-12-14-34(15-13-33)26-28-20-10-5-6-11-21(20)37-26/h5-11,16,23H,12-15H2,1-4H3,(H,29,36). The minimum Gasteiger partial charge on any atom is -0.345 e. The third kappa shape index (κ3) is 4.30. The van der Waals surface area contributed by atoms with Crippen LogP contribution in [0.15, 0.2) is 53.3 Å². The maximum absolute atomic E-state index is 13.5. The van der Waals surface area contributed by atoms with Gasteiger partial charge in [0.2, 0.25) is 0 Å². The van der Waals surface area contributed by atoms with Crippen LogP contribution in [0.2, 0.25) is 0 Å². The lowest BCUT2D eigenvalue weighted by Crippen LogP contribution is -2.49. The van der Waals surface area contributed by atoms with Crippen LogP contribution in [0.1, 0.15) is 43.8 Å². The Morgan fingerprint density at radius 1 is 1.03 bits per heavy atom. The molecular weight excluding hydrogens is 484 g/mol. The second-order valence-electron chi connectivity index (χ2n) is 10.6. The Bertz CT molecular complexity index is 1600. The number of nitrogens with zero attached hydrogens (tertiary/aromatic N) is 7. The number of benzene rings is 2. The third-order valence-electron chi connectivity index (χ3n) is 7.02. The van der Waals surface area contributed by atoms with Crippen molar-refractivity contribution in [2.24, 2.45) is 0 Å². The average molecular weight is 515 g/mol. The molecule has 0 saturated carbocycles. The highest BCUT2D eigenvalue weighted by Crippen LogP contribution is 2.33. The molecule has 1 fully saturated rings. The maximum atomic E-state index is 13.5. The predicted octanol–water partition coefficient (Wildman–Crippen LogP) is 4.10. The Kier molecular flexibility index (Phi) is 5.80. The normalized spacial score (nSPS) is 16.1. The first-order valence-electron chi connectivity index (χ1n) is 12.6. The highest BCUT2D eigenvalue weighted by molar-refractivity contribution is 7.22. The van der Waals surface area contributed by atoms with Gasteiger partial charge in [-0.3, -0.25) is 9.69 Å². The van der Waals surface area contributed by atoms with Crippen molar-refractivity contribution in [1.29, 1.82) is 0 Å². The van der Waals surface area contributed by atoms with Gasteiger partial charge in [0, 0.05) is 31.7 Å². The van der Waals surface area contributed by atoms with Crippen molar-refractivity contribution in [2.75, 3.05) is 31.1 Å². The van der Waals surface area contributed by atoms with Gasteiger partial charge in [0.15, 0.2) is 11.0 Å². The largest absolute Gasteiger partial charge is 0.345 e. The molecule has 5 aromatic rings. The van der Waals surface area contributed by atoms with Crippen molar-refractivity contribution in [1.82, 2.24) is 35.1 Å². The van der Waals surface area contributed by atoms with Gasteiger partial charge in [0.1, 0.15) is 6.04 Å². The fourth-order valence-corrected chi connectivity index (χ4v) is 6.13. The van der Waals surface area contributed by atoms with Crippen molar-refractivity contribution in [2.45, 2.75) is 39.3 Å². The first-order chi connectivity index (χ1) is 17.8. The minimum absolute atomic E-state index is 0.108. The van der Waals surface area contributed by atoms with E-state index < -0.39 is 0 Å². The van der Waals surface area contributed by atoms with E-state index in [1.165, 1.54) is 4.70 Å². The molecular formula is C27H30N8OS. The molecule has 190 valence electrons. The predicted molar refractivity (Wildman–Crippen MR) is 147 cm³/mol. The molecule has 1 unspecified atom stereocenters. The number of fused-ring (bicyclic) bond motifs is 2. The zero-order chi connectivity index (χ0) is 25.7. The zero-order valence-electron chi connectivity index (χ0n) is 21.5. The van der Waals surface area contributed by atoms with Crippen LogP contribution in [-0.2, 0) is 5.54 Å². The number of hydrogen-bond acceptors (Lipinski definition) is 8. The Hall–Kier alpha value is -3.63. The van der Waals surface area contributed by atoms with Crippen molar-refractivity contribution in [3.8, 4) is 0 Å². The van der Waals surface area contributed by atoms with Crippen LogP contribution in [0.3, 0.4) is 0 Å². The van der Waals surface area contributed by atoms with Crippen molar-refractivity contribution in [3.05, 3.63) is 75.8 Å². The van der Waals surface area contributed by atoms with Crippen LogP contribution in [0.5, 0.6) is 0 Å². The lowest BCUT2D eigenvalue weighted by Gasteiger charge is -2.39. The number of aromatic amines is 1. The SMILES string of the molecule is Cc1cccc2cc(C(c3nnnn3C(C)(C)C)N3CCN(c4nc5ccccc5s4)CC3)c(=O)[nH]c12. The second kappa shape index (κ2) is 9.04. The molecule has 37 heavy (non-hydrogen) atoms.